The van der Waals surface area contributed by atoms with Crippen LogP contribution >= 0.6 is 11.8 Å². The summed E-state index contributed by atoms with van der Waals surface area (Å²) in [5, 5.41) is 0.386. The Kier molecular flexibility index (Phi) is 10.4. The molecule has 2 heterocycles. The molecule has 1 fully saturated rings. The maximum absolute atomic E-state index is 13.0. The molecule has 12 heteroatoms. The number of amides is 1. The first kappa shape index (κ1) is 31.6. The van der Waals surface area contributed by atoms with Crippen LogP contribution in [-0.4, -0.2) is 85.9 Å². The number of carbonyl (C=O) groups excluding carboxylic acids is 2. The van der Waals surface area contributed by atoms with Gasteiger partial charge < -0.3 is 33.2 Å². The number of fused-ring (bicyclic) bond motifs is 1. The average Bonchev–Trinajstić information content (AvgIpc) is 3.41. The Hall–Kier alpha value is -3.32. The summed E-state index contributed by atoms with van der Waals surface area (Å²) in [6.45, 7) is 5.76. The summed E-state index contributed by atoms with van der Waals surface area (Å²) < 4.78 is 40.2. The van der Waals surface area contributed by atoms with Crippen molar-refractivity contribution < 1.29 is 42.7 Å². The van der Waals surface area contributed by atoms with Gasteiger partial charge in [-0.2, -0.15) is 0 Å². The minimum Gasteiger partial charge on any atom is -0.497 e. The van der Waals surface area contributed by atoms with Crippen LogP contribution in [0.25, 0.3) is 0 Å². The van der Waals surface area contributed by atoms with Gasteiger partial charge in [-0.1, -0.05) is 36.0 Å². The highest BCUT2D eigenvalue weighted by atomic mass is 32.2. The molecule has 2 aliphatic rings. The van der Waals surface area contributed by atoms with E-state index in [1.54, 1.807) is 42.0 Å². The lowest BCUT2D eigenvalue weighted by Gasteiger charge is -2.41. The van der Waals surface area contributed by atoms with Gasteiger partial charge in [-0.05, 0) is 56.2 Å². The highest BCUT2D eigenvalue weighted by Crippen LogP contribution is 2.40. The lowest BCUT2D eigenvalue weighted by molar-refractivity contribution is -0.211. The van der Waals surface area contributed by atoms with Crippen molar-refractivity contribution in [2.75, 3.05) is 28.4 Å². The number of thioether (sulfide) groups is 1. The van der Waals surface area contributed by atoms with Gasteiger partial charge in [-0.25, -0.2) is 9.59 Å². The number of methoxy groups -OCH3 is 3. The van der Waals surface area contributed by atoms with Crippen molar-refractivity contribution in [1.29, 1.82) is 0 Å². The van der Waals surface area contributed by atoms with Gasteiger partial charge in [-0.15, -0.1) is 0 Å². The zero-order valence-corrected chi connectivity index (χ0v) is 25.7. The van der Waals surface area contributed by atoms with E-state index in [2.05, 4.69) is 0 Å². The molecular weight excluding hydrogens is 564 g/mol. The fourth-order valence-electron chi connectivity index (χ4n) is 4.40. The Morgan fingerprint density at radius 3 is 1.88 bits per heavy atom. The molecule has 2 aliphatic heterocycles. The minimum atomic E-state index is -1.09. The third kappa shape index (κ3) is 7.74. The number of amidine groups is 1. The third-order valence-electron chi connectivity index (χ3n) is 6.59. The second-order valence-corrected chi connectivity index (χ2v) is 11.8. The fraction of sp³-hybridized carbons (Fsp3) is 0.500. The number of hydrogen-bond acceptors (Lipinski definition) is 11. The molecule has 2 aromatic carbocycles. The molecule has 42 heavy (non-hydrogen) atoms. The van der Waals surface area contributed by atoms with Gasteiger partial charge >= 0.3 is 12.1 Å². The molecule has 0 unspecified atom stereocenters. The lowest BCUT2D eigenvalue weighted by Crippen LogP contribution is -2.59. The number of ether oxygens (including phenoxy) is 7. The average molecular weight is 603 g/mol. The van der Waals surface area contributed by atoms with Gasteiger partial charge in [0.2, 0.25) is 0 Å². The van der Waals surface area contributed by atoms with Crippen molar-refractivity contribution in [2.24, 2.45) is 4.99 Å². The zero-order chi connectivity index (χ0) is 30.4. The predicted molar refractivity (Wildman–Crippen MR) is 157 cm³/mol. The summed E-state index contributed by atoms with van der Waals surface area (Å²) in [5.41, 5.74) is 0.447. The SMILES string of the molecule is COC(=O)[C@H]1O[C@@H]2SC(N(C)C(=O)OC(C)(C)C)=N[C@@H]2[C@@H](OCc2ccc(OC)cc2)[C@@H]1OCc1ccc(OC)cc1. The van der Waals surface area contributed by atoms with Crippen LogP contribution in [0.15, 0.2) is 53.5 Å². The number of benzene rings is 2. The number of aliphatic imine (C=N–C) groups is 1. The number of nitrogens with zero attached hydrogens (tertiary/aromatic N) is 2. The quantitative estimate of drug-likeness (QED) is 0.383. The maximum Gasteiger partial charge on any atom is 0.416 e. The van der Waals surface area contributed by atoms with Crippen molar-refractivity contribution in [2.45, 2.75) is 69.4 Å². The summed E-state index contributed by atoms with van der Waals surface area (Å²) in [6, 6.07) is 14.3. The second-order valence-electron chi connectivity index (χ2n) is 10.8. The normalized spacial score (nSPS) is 23.4. The molecule has 11 nitrogen and oxygen atoms in total. The summed E-state index contributed by atoms with van der Waals surface area (Å²) in [4.78, 5) is 31.9. The van der Waals surface area contributed by atoms with E-state index in [-0.39, 0.29) is 13.2 Å². The van der Waals surface area contributed by atoms with Crippen molar-refractivity contribution in [1.82, 2.24) is 4.90 Å². The Morgan fingerprint density at radius 2 is 1.40 bits per heavy atom. The third-order valence-corrected chi connectivity index (χ3v) is 7.80. The molecule has 0 saturated carbocycles. The largest absolute Gasteiger partial charge is 0.497 e. The number of esters is 1. The molecule has 0 aromatic heterocycles. The van der Waals surface area contributed by atoms with Crippen LogP contribution in [-0.2, 0) is 41.7 Å². The highest BCUT2D eigenvalue weighted by molar-refractivity contribution is 8.14. The molecular formula is C30H38N2O9S. The van der Waals surface area contributed by atoms with Crippen LogP contribution in [0.1, 0.15) is 31.9 Å². The topological polar surface area (TPSA) is 114 Å². The molecule has 0 N–H and O–H groups in total. The molecule has 4 rings (SSSR count). The van der Waals surface area contributed by atoms with E-state index in [0.29, 0.717) is 5.17 Å². The number of carbonyl (C=O) groups is 2. The van der Waals surface area contributed by atoms with E-state index >= 15 is 0 Å². The Morgan fingerprint density at radius 1 is 0.881 bits per heavy atom. The van der Waals surface area contributed by atoms with Crippen molar-refractivity contribution in [3.8, 4) is 11.5 Å². The van der Waals surface area contributed by atoms with Gasteiger partial charge in [-0.3, -0.25) is 9.89 Å². The molecule has 0 bridgehead atoms. The molecule has 0 spiro atoms. The standard InChI is InChI=1S/C30H38N2O9S/c1-30(2,3)41-29(34)32(4)28-31-22-23(38-16-18-8-12-20(35-5)13-9-18)24(25(26(33)37-7)40-27(22)42-28)39-17-19-10-14-21(36-6)15-11-19/h8-15,22-25,27H,16-17H2,1-7H3/t22-,23-,24+,25+,27-/m1/s1. The van der Waals surface area contributed by atoms with Crippen LogP contribution in [0.4, 0.5) is 4.79 Å². The smallest absolute Gasteiger partial charge is 0.416 e. The first-order valence-electron chi connectivity index (χ1n) is 13.5. The van der Waals surface area contributed by atoms with Crippen LogP contribution in [0.2, 0.25) is 0 Å². The fourth-order valence-corrected chi connectivity index (χ4v) is 5.56. The van der Waals surface area contributed by atoms with Crippen molar-refractivity contribution >= 4 is 29.0 Å². The van der Waals surface area contributed by atoms with Crippen LogP contribution < -0.4 is 9.47 Å². The number of hydrogen-bond donors (Lipinski definition) is 0. The first-order valence-corrected chi connectivity index (χ1v) is 14.3. The Labute approximate surface area is 250 Å². The second kappa shape index (κ2) is 13.8. The van der Waals surface area contributed by atoms with Gasteiger partial charge in [0.25, 0.3) is 0 Å². The summed E-state index contributed by atoms with van der Waals surface area (Å²) in [7, 11) is 6.08. The Balaban J connectivity index is 1.62. The summed E-state index contributed by atoms with van der Waals surface area (Å²) in [6.07, 6.45) is -3.23. The van der Waals surface area contributed by atoms with Crippen LogP contribution in [0.5, 0.6) is 11.5 Å². The molecule has 1 saturated heterocycles. The van der Waals surface area contributed by atoms with E-state index < -0.39 is 47.5 Å². The van der Waals surface area contributed by atoms with Crippen molar-refractivity contribution in [3.05, 3.63) is 59.7 Å². The van der Waals surface area contributed by atoms with Gasteiger partial charge in [0, 0.05) is 7.05 Å². The predicted octanol–water partition coefficient (Wildman–Crippen LogP) is 4.41. The minimum absolute atomic E-state index is 0.173. The zero-order valence-electron chi connectivity index (χ0n) is 24.9. The van der Waals surface area contributed by atoms with Gasteiger partial charge in [0.05, 0.1) is 34.5 Å². The molecule has 228 valence electrons. The molecule has 2 aromatic rings. The molecule has 1 amide bonds. The molecule has 0 aliphatic carbocycles. The summed E-state index contributed by atoms with van der Waals surface area (Å²) >= 11 is 1.22. The van der Waals surface area contributed by atoms with E-state index in [1.165, 1.54) is 23.8 Å². The highest BCUT2D eigenvalue weighted by Gasteiger charge is 2.54. The van der Waals surface area contributed by atoms with Gasteiger partial charge in [0.1, 0.15) is 40.8 Å². The molecule has 0 radical (unpaired) electrons. The Bertz CT molecular complexity index is 1250. The van der Waals surface area contributed by atoms with E-state index in [9.17, 15) is 9.59 Å². The van der Waals surface area contributed by atoms with Crippen LogP contribution in [0.3, 0.4) is 0 Å². The maximum atomic E-state index is 13.0. The van der Waals surface area contributed by atoms with E-state index in [1.807, 2.05) is 48.5 Å². The first-order chi connectivity index (χ1) is 20.0. The summed E-state index contributed by atoms with van der Waals surface area (Å²) in [5.74, 6) is 0.846. The van der Waals surface area contributed by atoms with E-state index in [4.69, 9.17) is 38.2 Å². The van der Waals surface area contributed by atoms with E-state index in [0.717, 1.165) is 22.6 Å². The van der Waals surface area contributed by atoms with Crippen molar-refractivity contribution in [3.63, 3.8) is 0 Å². The van der Waals surface area contributed by atoms with Gasteiger partial charge in [0.15, 0.2) is 11.3 Å². The molecule has 5 atom stereocenters. The van der Waals surface area contributed by atoms with Crippen LogP contribution in [0, 0.1) is 0 Å². The monoisotopic (exact) mass is 602 g/mol. The number of rotatable bonds is 9. The lowest BCUT2D eigenvalue weighted by atomic mass is 9.97.